The number of carbonyl (C=O) groups excluding carboxylic acids is 3. The number of hydrazine groups is 1. The maximum absolute atomic E-state index is 12.6. The molecule has 1 aliphatic heterocycles. The monoisotopic (exact) mass is 313 g/mol. The van der Waals surface area contributed by atoms with Crippen LogP contribution in [0.4, 0.5) is 0 Å². The van der Waals surface area contributed by atoms with Crippen LogP contribution < -0.4 is 16.2 Å². The van der Waals surface area contributed by atoms with Crippen molar-refractivity contribution in [3.05, 3.63) is 0 Å². The smallest absolute Gasteiger partial charge is 0.312 e. The fourth-order valence-electron chi connectivity index (χ4n) is 2.83. The number of esters is 1. The first-order chi connectivity index (χ1) is 9.79. The van der Waals surface area contributed by atoms with Crippen molar-refractivity contribution in [2.75, 3.05) is 6.54 Å². The zero-order valence-corrected chi connectivity index (χ0v) is 14.4. The van der Waals surface area contributed by atoms with Gasteiger partial charge in [-0.1, -0.05) is 0 Å². The molecule has 1 aliphatic rings. The van der Waals surface area contributed by atoms with Gasteiger partial charge in [-0.2, -0.15) is 0 Å². The van der Waals surface area contributed by atoms with Crippen molar-refractivity contribution < 1.29 is 19.1 Å². The maximum Gasteiger partial charge on any atom is 0.312 e. The molecule has 2 amide bonds. The normalized spacial score (nSPS) is 27.1. The summed E-state index contributed by atoms with van der Waals surface area (Å²) in [5, 5.41) is 3.20. The molecule has 0 aromatic heterocycles. The zero-order chi connectivity index (χ0) is 17.3. The molecule has 0 aliphatic carbocycles. The molecule has 126 valence electrons. The van der Waals surface area contributed by atoms with Gasteiger partial charge in [0.2, 0.25) is 11.8 Å². The summed E-state index contributed by atoms with van der Waals surface area (Å²) in [5.41, 5.74) is 2.38. The largest absolute Gasteiger partial charge is 0.460 e. The van der Waals surface area contributed by atoms with Gasteiger partial charge in [0.1, 0.15) is 5.60 Å². The molecule has 7 heteroatoms. The summed E-state index contributed by atoms with van der Waals surface area (Å²) in [7, 11) is 0. The van der Waals surface area contributed by atoms with E-state index in [4.69, 9.17) is 4.74 Å². The third-order valence-corrected chi connectivity index (χ3v) is 3.78. The summed E-state index contributed by atoms with van der Waals surface area (Å²) in [6.45, 7) is 12.4. The molecule has 22 heavy (non-hydrogen) atoms. The van der Waals surface area contributed by atoms with Crippen LogP contribution in [0.5, 0.6) is 0 Å². The fourth-order valence-corrected chi connectivity index (χ4v) is 2.83. The van der Waals surface area contributed by atoms with Crippen molar-refractivity contribution >= 4 is 17.8 Å². The maximum atomic E-state index is 12.6. The highest BCUT2D eigenvalue weighted by molar-refractivity contribution is 5.91. The van der Waals surface area contributed by atoms with E-state index in [1.54, 1.807) is 27.7 Å². The van der Waals surface area contributed by atoms with E-state index >= 15 is 0 Å². The van der Waals surface area contributed by atoms with Gasteiger partial charge in [0.25, 0.3) is 0 Å². The van der Waals surface area contributed by atoms with Crippen molar-refractivity contribution in [2.45, 2.75) is 59.6 Å². The zero-order valence-electron chi connectivity index (χ0n) is 14.4. The Morgan fingerprint density at radius 2 is 1.68 bits per heavy atom. The fraction of sp³-hybridized carbons (Fsp3) is 0.800. The molecule has 1 rings (SSSR count). The second-order valence-corrected chi connectivity index (χ2v) is 7.59. The molecule has 1 fully saturated rings. The van der Waals surface area contributed by atoms with E-state index in [0.29, 0.717) is 6.54 Å². The Kier molecular flexibility index (Phi) is 4.91. The summed E-state index contributed by atoms with van der Waals surface area (Å²) in [6, 6.07) is 0. The van der Waals surface area contributed by atoms with Gasteiger partial charge < -0.3 is 10.1 Å². The lowest BCUT2D eigenvalue weighted by molar-refractivity contribution is -0.168. The molecule has 7 nitrogen and oxygen atoms in total. The van der Waals surface area contributed by atoms with E-state index in [9.17, 15) is 14.4 Å². The Labute approximate surface area is 131 Å². The topological polar surface area (TPSA) is 96.5 Å². The number of hydrogen-bond acceptors (Lipinski definition) is 5. The van der Waals surface area contributed by atoms with Crippen LogP contribution in [-0.4, -0.2) is 35.5 Å². The highest BCUT2D eigenvalue weighted by Crippen LogP contribution is 2.42. The van der Waals surface area contributed by atoms with Gasteiger partial charge in [0.15, 0.2) is 0 Å². The van der Waals surface area contributed by atoms with Gasteiger partial charge in [-0.15, -0.1) is 0 Å². The highest BCUT2D eigenvalue weighted by Gasteiger charge is 2.58. The first-order valence-corrected chi connectivity index (χ1v) is 7.34. The molecule has 0 aromatic rings. The summed E-state index contributed by atoms with van der Waals surface area (Å²) in [5.74, 6) is -1.90. The van der Waals surface area contributed by atoms with Crippen LogP contribution in [0.3, 0.4) is 0 Å². The molecule has 0 bridgehead atoms. The second-order valence-electron chi connectivity index (χ2n) is 7.59. The average Bonchev–Trinajstić information content (AvgIpc) is 2.55. The third kappa shape index (κ3) is 3.97. The summed E-state index contributed by atoms with van der Waals surface area (Å²) in [4.78, 5) is 36.0. The van der Waals surface area contributed by atoms with Gasteiger partial charge in [0.05, 0.1) is 11.3 Å². The average molecular weight is 313 g/mol. The van der Waals surface area contributed by atoms with Crippen LogP contribution in [0, 0.1) is 11.3 Å². The molecule has 0 aromatic carbocycles. The molecular formula is C15H27N3O4. The van der Waals surface area contributed by atoms with Gasteiger partial charge >= 0.3 is 5.97 Å². The molecule has 0 spiro atoms. The molecule has 0 radical (unpaired) electrons. The molecule has 3 N–H and O–H groups in total. The van der Waals surface area contributed by atoms with Crippen LogP contribution in [0.25, 0.3) is 0 Å². The first kappa shape index (κ1) is 18.4. The molecule has 1 heterocycles. The van der Waals surface area contributed by atoms with E-state index < -0.39 is 34.3 Å². The lowest BCUT2D eigenvalue weighted by Gasteiger charge is -2.35. The SMILES string of the molecule is CC(=O)NNC(=O)[C@]1(C)CNC(C)(C)C1C(=O)OC(C)(C)C. The lowest BCUT2D eigenvalue weighted by Crippen LogP contribution is -2.54. The standard InChI is InChI=1S/C15H27N3O4/c1-9(19)17-18-12(21)15(7)8-16-14(5,6)10(15)11(20)22-13(2,3)4/h10,16H,8H2,1-7H3,(H,17,19)(H,18,21)/t10?,15-/m1/s1. The van der Waals surface area contributed by atoms with Crippen molar-refractivity contribution in [3.63, 3.8) is 0 Å². The Morgan fingerprint density at radius 3 is 2.14 bits per heavy atom. The molecule has 0 saturated carbocycles. The van der Waals surface area contributed by atoms with Gasteiger partial charge in [-0.25, -0.2) is 0 Å². The number of hydrogen-bond donors (Lipinski definition) is 3. The number of amides is 2. The highest BCUT2D eigenvalue weighted by atomic mass is 16.6. The second kappa shape index (κ2) is 5.87. The first-order valence-electron chi connectivity index (χ1n) is 7.34. The molecule has 1 unspecified atom stereocenters. The number of carbonyl (C=O) groups is 3. The van der Waals surface area contributed by atoms with E-state index in [1.807, 2.05) is 13.8 Å². The van der Waals surface area contributed by atoms with Crippen molar-refractivity contribution in [2.24, 2.45) is 11.3 Å². The minimum atomic E-state index is -1.02. The van der Waals surface area contributed by atoms with Crippen molar-refractivity contribution in [3.8, 4) is 0 Å². The third-order valence-electron chi connectivity index (χ3n) is 3.78. The Hall–Kier alpha value is -1.63. The summed E-state index contributed by atoms with van der Waals surface area (Å²) in [6.07, 6.45) is 0. The number of rotatable bonds is 2. The van der Waals surface area contributed by atoms with E-state index in [2.05, 4.69) is 16.2 Å². The van der Waals surface area contributed by atoms with Crippen LogP contribution in [0.2, 0.25) is 0 Å². The van der Waals surface area contributed by atoms with Gasteiger partial charge in [-0.05, 0) is 41.5 Å². The lowest BCUT2D eigenvalue weighted by atomic mass is 9.71. The van der Waals surface area contributed by atoms with Crippen LogP contribution in [0.1, 0.15) is 48.5 Å². The minimum absolute atomic E-state index is 0.315. The number of nitrogens with one attached hydrogen (secondary N) is 3. The van der Waals surface area contributed by atoms with E-state index in [0.717, 1.165) is 0 Å². The minimum Gasteiger partial charge on any atom is -0.460 e. The predicted octanol–water partition coefficient (Wildman–Crippen LogP) is 0.500. The van der Waals surface area contributed by atoms with Crippen molar-refractivity contribution in [1.82, 2.24) is 16.2 Å². The van der Waals surface area contributed by atoms with Gasteiger partial charge in [0, 0.05) is 19.0 Å². The Morgan fingerprint density at radius 1 is 1.14 bits per heavy atom. The van der Waals surface area contributed by atoms with E-state index in [1.165, 1.54) is 6.92 Å². The van der Waals surface area contributed by atoms with Crippen LogP contribution in [0.15, 0.2) is 0 Å². The molecular weight excluding hydrogens is 286 g/mol. The Bertz CT molecular complexity index is 482. The van der Waals surface area contributed by atoms with Gasteiger partial charge in [-0.3, -0.25) is 25.2 Å². The molecule has 1 saturated heterocycles. The summed E-state index contributed by atoms with van der Waals surface area (Å²) < 4.78 is 5.48. The Balaban J connectivity index is 3.04. The predicted molar refractivity (Wildman–Crippen MR) is 81.5 cm³/mol. The number of ether oxygens (including phenoxy) is 1. The summed E-state index contributed by atoms with van der Waals surface area (Å²) >= 11 is 0. The van der Waals surface area contributed by atoms with Crippen LogP contribution >= 0.6 is 0 Å². The molecule has 2 atom stereocenters. The van der Waals surface area contributed by atoms with E-state index in [-0.39, 0.29) is 5.91 Å². The van der Waals surface area contributed by atoms with Crippen molar-refractivity contribution in [1.29, 1.82) is 0 Å². The quantitative estimate of drug-likeness (QED) is 0.509. The van der Waals surface area contributed by atoms with Crippen LogP contribution in [-0.2, 0) is 19.1 Å².